The number of hydrogen-bond acceptors (Lipinski definition) is 3. The van der Waals surface area contributed by atoms with Gasteiger partial charge in [-0.05, 0) is 25.7 Å². The van der Waals surface area contributed by atoms with E-state index in [-0.39, 0.29) is 17.9 Å². The third-order valence-electron chi connectivity index (χ3n) is 4.96. The second-order valence-electron chi connectivity index (χ2n) is 6.50. The van der Waals surface area contributed by atoms with Crippen molar-refractivity contribution in [3.63, 3.8) is 0 Å². The highest BCUT2D eigenvalue weighted by Gasteiger charge is 2.41. The van der Waals surface area contributed by atoms with Crippen molar-refractivity contribution in [1.29, 1.82) is 0 Å². The normalized spacial score (nSPS) is 31.4. The van der Waals surface area contributed by atoms with Crippen LogP contribution in [0.25, 0.3) is 0 Å². The van der Waals surface area contributed by atoms with Crippen LogP contribution in [-0.4, -0.2) is 47.2 Å². The Morgan fingerprint density at radius 2 is 1.95 bits per heavy atom. The number of hydrogen-bond donors (Lipinski definition) is 1. The first kappa shape index (κ1) is 16.3. The highest BCUT2D eigenvalue weighted by atomic mass is 16.5. The highest BCUT2D eigenvalue weighted by molar-refractivity contribution is 5.81. The van der Waals surface area contributed by atoms with Crippen LogP contribution in [0.4, 0.5) is 0 Å². The Morgan fingerprint density at radius 1 is 1.29 bits per heavy atom. The summed E-state index contributed by atoms with van der Waals surface area (Å²) in [5, 5.41) is 9.34. The van der Waals surface area contributed by atoms with Gasteiger partial charge in [0.2, 0.25) is 5.91 Å². The second kappa shape index (κ2) is 7.25. The Balaban J connectivity index is 1.85. The van der Waals surface area contributed by atoms with Crippen LogP contribution < -0.4 is 0 Å². The van der Waals surface area contributed by atoms with Gasteiger partial charge in [-0.3, -0.25) is 9.59 Å². The van der Waals surface area contributed by atoms with Gasteiger partial charge in [-0.2, -0.15) is 0 Å². The SMILES string of the molecule is CC1CC(=O)N(CCOC2CCCCC2)C(C)C1C(=O)O. The van der Waals surface area contributed by atoms with Crippen LogP contribution >= 0.6 is 0 Å². The molecule has 1 aliphatic carbocycles. The maximum Gasteiger partial charge on any atom is 0.308 e. The molecule has 0 spiro atoms. The van der Waals surface area contributed by atoms with E-state index in [0.717, 1.165) is 12.8 Å². The number of nitrogens with zero attached hydrogens (tertiary/aromatic N) is 1. The largest absolute Gasteiger partial charge is 0.481 e. The fourth-order valence-electron chi connectivity index (χ4n) is 3.74. The van der Waals surface area contributed by atoms with Crippen LogP contribution in [0.1, 0.15) is 52.4 Å². The summed E-state index contributed by atoms with van der Waals surface area (Å²) in [5.41, 5.74) is 0. The van der Waals surface area contributed by atoms with E-state index in [1.54, 1.807) is 4.90 Å². The topological polar surface area (TPSA) is 66.8 Å². The minimum atomic E-state index is -0.805. The van der Waals surface area contributed by atoms with Crippen molar-refractivity contribution in [2.75, 3.05) is 13.2 Å². The number of likely N-dealkylation sites (tertiary alicyclic amines) is 1. The summed E-state index contributed by atoms with van der Waals surface area (Å²) in [5.74, 6) is -1.32. The molecule has 0 bridgehead atoms. The molecular weight excluding hydrogens is 270 g/mol. The first-order valence-corrected chi connectivity index (χ1v) is 8.14. The number of piperidine rings is 1. The van der Waals surface area contributed by atoms with E-state index in [1.165, 1.54) is 19.3 Å². The smallest absolute Gasteiger partial charge is 0.308 e. The molecular formula is C16H27NO4. The molecule has 1 amide bonds. The van der Waals surface area contributed by atoms with Gasteiger partial charge in [0.05, 0.1) is 18.6 Å². The summed E-state index contributed by atoms with van der Waals surface area (Å²) in [6.07, 6.45) is 6.61. The number of ether oxygens (including phenoxy) is 1. The van der Waals surface area contributed by atoms with Crippen LogP contribution in [-0.2, 0) is 14.3 Å². The summed E-state index contributed by atoms with van der Waals surface area (Å²) in [4.78, 5) is 25.2. The molecule has 0 aromatic rings. The van der Waals surface area contributed by atoms with Crippen molar-refractivity contribution < 1.29 is 19.4 Å². The second-order valence-corrected chi connectivity index (χ2v) is 6.50. The predicted molar refractivity (Wildman–Crippen MR) is 78.9 cm³/mol. The van der Waals surface area contributed by atoms with Crippen LogP contribution in [0.5, 0.6) is 0 Å². The number of aliphatic carboxylic acids is 1. The molecule has 2 rings (SSSR count). The van der Waals surface area contributed by atoms with E-state index >= 15 is 0 Å². The molecule has 0 aromatic carbocycles. The molecule has 1 aliphatic heterocycles. The zero-order chi connectivity index (χ0) is 15.4. The van der Waals surface area contributed by atoms with E-state index in [4.69, 9.17) is 4.74 Å². The quantitative estimate of drug-likeness (QED) is 0.845. The molecule has 1 saturated heterocycles. The van der Waals surface area contributed by atoms with Gasteiger partial charge < -0.3 is 14.7 Å². The highest BCUT2D eigenvalue weighted by Crippen LogP contribution is 2.30. The third-order valence-corrected chi connectivity index (χ3v) is 4.96. The first-order chi connectivity index (χ1) is 10.0. The zero-order valence-corrected chi connectivity index (χ0v) is 13.1. The minimum absolute atomic E-state index is 0.0553. The summed E-state index contributed by atoms with van der Waals surface area (Å²) < 4.78 is 5.86. The van der Waals surface area contributed by atoms with Gasteiger partial charge in [-0.25, -0.2) is 0 Å². The standard InChI is InChI=1S/C16H27NO4/c1-11-10-14(18)17(12(2)15(11)16(19)20)8-9-21-13-6-4-3-5-7-13/h11-13,15H,3-10H2,1-2H3,(H,19,20). The van der Waals surface area contributed by atoms with Crippen molar-refractivity contribution in [1.82, 2.24) is 4.90 Å². The summed E-state index contributed by atoms with van der Waals surface area (Å²) in [6.45, 7) is 4.71. The van der Waals surface area contributed by atoms with Gasteiger partial charge in [0.1, 0.15) is 0 Å². The van der Waals surface area contributed by atoms with Crippen LogP contribution in [0, 0.1) is 11.8 Å². The lowest BCUT2D eigenvalue weighted by Gasteiger charge is -2.40. The predicted octanol–water partition coefficient (Wildman–Crippen LogP) is 2.29. The Labute approximate surface area is 126 Å². The lowest BCUT2D eigenvalue weighted by Crippen LogP contribution is -2.53. The number of carbonyl (C=O) groups is 2. The van der Waals surface area contributed by atoms with Crippen molar-refractivity contribution in [3.8, 4) is 0 Å². The van der Waals surface area contributed by atoms with Crippen molar-refractivity contribution in [2.45, 2.75) is 64.5 Å². The number of rotatable bonds is 5. The van der Waals surface area contributed by atoms with Gasteiger partial charge in [-0.15, -0.1) is 0 Å². The summed E-state index contributed by atoms with van der Waals surface area (Å²) in [6, 6.07) is -0.256. The number of carboxylic acid groups (broad SMARTS) is 1. The Bertz CT molecular complexity index is 378. The average molecular weight is 297 g/mol. The van der Waals surface area contributed by atoms with E-state index in [2.05, 4.69) is 0 Å². The molecule has 2 fully saturated rings. The number of carbonyl (C=O) groups excluding carboxylic acids is 1. The Kier molecular flexibility index (Phi) is 5.62. The number of carboxylic acids is 1. The minimum Gasteiger partial charge on any atom is -0.481 e. The fourth-order valence-corrected chi connectivity index (χ4v) is 3.74. The van der Waals surface area contributed by atoms with Gasteiger partial charge in [0.25, 0.3) is 0 Å². The molecule has 120 valence electrons. The first-order valence-electron chi connectivity index (χ1n) is 8.14. The monoisotopic (exact) mass is 297 g/mol. The molecule has 5 nitrogen and oxygen atoms in total. The lowest BCUT2D eigenvalue weighted by atomic mass is 9.81. The van der Waals surface area contributed by atoms with Crippen LogP contribution in [0.15, 0.2) is 0 Å². The number of amides is 1. The average Bonchev–Trinajstić information content (AvgIpc) is 2.42. The molecule has 2 aliphatic rings. The summed E-state index contributed by atoms with van der Waals surface area (Å²) in [7, 11) is 0. The van der Waals surface area contributed by atoms with E-state index < -0.39 is 11.9 Å². The van der Waals surface area contributed by atoms with Gasteiger partial charge in [-0.1, -0.05) is 26.2 Å². The van der Waals surface area contributed by atoms with E-state index in [0.29, 0.717) is 25.7 Å². The van der Waals surface area contributed by atoms with Crippen molar-refractivity contribution >= 4 is 11.9 Å². The maximum absolute atomic E-state index is 12.1. The summed E-state index contributed by atoms with van der Waals surface area (Å²) >= 11 is 0. The fraction of sp³-hybridized carbons (Fsp3) is 0.875. The molecule has 1 N–H and O–H groups in total. The maximum atomic E-state index is 12.1. The zero-order valence-electron chi connectivity index (χ0n) is 13.1. The molecule has 5 heteroatoms. The molecule has 3 atom stereocenters. The molecule has 21 heavy (non-hydrogen) atoms. The van der Waals surface area contributed by atoms with Crippen molar-refractivity contribution in [3.05, 3.63) is 0 Å². The molecule has 0 radical (unpaired) electrons. The van der Waals surface area contributed by atoms with Crippen molar-refractivity contribution in [2.24, 2.45) is 11.8 Å². The van der Waals surface area contributed by atoms with E-state index in [1.807, 2.05) is 13.8 Å². The third kappa shape index (κ3) is 3.96. The van der Waals surface area contributed by atoms with Gasteiger partial charge in [0.15, 0.2) is 0 Å². The van der Waals surface area contributed by atoms with Crippen LogP contribution in [0.2, 0.25) is 0 Å². The Morgan fingerprint density at radius 3 is 2.57 bits per heavy atom. The Hall–Kier alpha value is -1.10. The molecule has 0 aromatic heterocycles. The molecule has 1 saturated carbocycles. The van der Waals surface area contributed by atoms with Gasteiger partial charge in [0, 0.05) is 19.0 Å². The van der Waals surface area contributed by atoms with Crippen LogP contribution in [0.3, 0.4) is 0 Å². The molecule has 3 unspecified atom stereocenters. The van der Waals surface area contributed by atoms with Gasteiger partial charge >= 0.3 is 5.97 Å². The molecule has 1 heterocycles. The van der Waals surface area contributed by atoms with E-state index in [9.17, 15) is 14.7 Å². The lowest BCUT2D eigenvalue weighted by molar-refractivity contribution is -0.155.